The molecule has 3 N–H and O–H groups in total. The van der Waals surface area contributed by atoms with Crippen LogP contribution in [0, 0.1) is 6.92 Å². The monoisotopic (exact) mass is 375 g/mol. The first-order chi connectivity index (χ1) is 12.2. The van der Waals surface area contributed by atoms with Crippen molar-refractivity contribution in [1.29, 1.82) is 0 Å². The Kier molecular flexibility index (Phi) is 6.12. The van der Waals surface area contributed by atoms with Crippen LogP contribution in [0.15, 0.2) is 53.4 Å². The molecule has 138 valence electrons. The van der Waals surface area contributed by atoms with E-state index < -0.39 is 21.8 Å². The van der Waals surface area contributed by atoms with E-state index in [-0.39, 0.29) is 17.9 Å². The summed E-state index contributed by atoms with van der Waals surface area (Å²) in [6.45, 7) is 1.54. The Hall–Kier alpha value is -2.71. The molecule has 0 fully saturated rings. The molecule has 2 aromatic rings. The van der Waals surface area contributed by atoms with E-state index in [4.69, 9.17) is 5.73 Å². The van der Waals surface area contributed by atoms with Crippen LogP contribution in [0.3, 0.4) is 0 Å². The Morgan fingerprint density at radius 2 is 1.62 bits per heavy atom. The third kappa shape index (κ3) is 5.14. The Morgan fingerprint density at radius 3 is 2.15 bits per heavy atom. The van der Waals surface area contributed by atoms with Crippen molar-refractivity contribution < 1.29 is 18.0 Å². The molecule has 0 atom stereocenters. The van der Waals surface area contributed by atoms with Crippen LogP contribution in [-0.4, -0.2) is 38.1 Å². The highest BCUT2D eigenvalue weighted by Gasteiger charge is 2.22. The van der Waals surface area contributed by atoms with Gasteiger partial charge in [-0.15, -0.1) is 0 Å². The van der Waals surface area contributed by atoms with Gasteiger partial charge in [-0.1, -0.05) is 29.8 Å². The van der Waals surface area contributed by atoms with Crippen LogP contribution in [0.2, 0.25) is 0 Å². The Morgan fingerprint density at radius 1 is 1.04 bits per heavy atom. The van der Waals surface area contributed by atoms with Crippen molar-refractivity contribution in [2.24, 2.45) is 5.73 Å². The first-order valence-electron chi connectivity index (χ1n) is 7.88. The van der Waals surface area contributed by atoms with Gasteiger partial charge in [0.1, 0.15) is 0 Å². The lowest BCUT2D eigenvalue weighted by Crippen LogP contribution is -2.34. The quantitative estimate of drug-likeness (QED) is 0.760. The molecule has 2 aromatic carbocycles. The van der Waals surface area contributed by atoms with Gasteiger partial charge in [0.25, 0.3) is 0 Å². The lowest BCUT2D eigenvalue weighted by atomic mass is 10.1. The van der Waals surface area contributed by atoms with Gasteiger partial charge in [-0.05, 0) is 36.8 Å². The van der Waals surface area contributed by atoms with Crippen molar-refractivity contribution in [3.05, 3.63) is 59.7 Å². The van der Waals surface area contributed by atoms with Gasteiger partial charge in [0.15, 0.2) is 0 Å². The molecule has 0 unspecified atom stereocenters. The van der Waals surface area contributed by atoms with E-state index in [9.17, 15) is 18.0 Å². The lowest BCUT2D eigenvalue weighted by molar-refractivity contribution is -0.117. The zero-order valence-electron chi connectivity index (χ0n) is 14.6. The van der Waals surface area contributed by atoms with E-state index in [0.29, 0.717) is 5.69 Å². The molecule has 0 spiro atoms. The molecule has 0 bridgehead atoms. The lowest BCUT2D eigenvalue weighted by Gasteiger charge is -2.17. The number of amides is 2. The Bertz CT molecular complexity index is 891. The average Bonchev–Trinajstić information content (AvgIpc) is 2.56. The summed E-state index contributed by atoms with van der Waals surface area (Å²) >= 11 is 0. The van der Waals surface area contributed by atoms with Crippen molar-refractivity contribution in [3.8, 4) is 0 Å². The summed E-state index contributed by atoms with van der Waals surface area (Å²) in [4.78, 5) is 23.1. The molecule has 2 amide bonds. The molecule has 0 aliphatic rings. The molecule has 0 aliphatic heterocycles. The predicted molar refractivity (Wildman–Crippen MR) is 99.0 cm³/mol. The van der Waals surface area contributed by atoms with E-state index in [1.54, 1.807) is 36.4 Å². The molecule has 26 heavy (non-hydrogen) atoms. The smallest absolute Gasteiger partial charge is 0.243 e. The fourth-order valence-corrected chi connectivity index (χ4v) is 3.41. The summed E-state index contributed by atoms with van der Waals surface area (Å²) < 4.78 is 26.0. The molecule has 0 saturated carbocycles. The number of carbonyl (C=O) groups excluding carboxylic acids is 2. The van der Waals surface area contributed by atoms with E-state index >= 15 is 0 Å². The molecule has 8 heteroatoms. The van der Waals surface area contributed by atoms with Crippen LogP contribution in [0.5, 0.6) is 0 Å². The number of aryl methyl sites for hydroxylation is 1. The number of nitrogens with two attached hydrogens (primary N) is 1. The molecule has 2 rings (SSSR count). The van der Waals surface area contributed by atoms with Crippen molar-refractivity contribution in [2.75, 3.05) is 18.9 Å². The van der Waals surface area contributed by atoms with Gasteiger partial charge in [0, 0.05) is 12.7 Å². The third-order valence-electron chi connectivity index (χ3n) is 3.71. The maximum absolute atomic E-state index is 12.5. The molecule has 0 aliphatic carbocycles. The van der Waals surface area contributed by atoms with Crippen LogP contribution in [0.4, 0.5) is 5.69 Å². The van der Waals surface area contributed by atoms with Crippen molar-refractivity contribution >= 4 is 27.5 Å². The van der Waals surface area contributed by atoms with Gasteiger partial charge in [0.2, 0.25) is 21.8 Å². The Labute approximate surface area is 152 Å². The highest BCUT2D eigenvalue weighted by Crippen LogP contribution is 2.15. The first kappa shape index (κ1) is 19.6. The van der Waals surface area contributed by atoms with Crippen LogP contribution < -0.4 is 11.1 Å². The number of anilines is 1. The van der Waals surface area contributed by atoms with E-state index in [0.717, 1.165) is 15.4 Å². The second-order valence-corrected chi connectivity index (χ2v) is 8.01. The second-order valence-electron chi connectivity index (χ2n) is 5.96. The number of carbonyl (C=O) groups is 2. The number of primary amides is 1. The topological polar surface area (TPSA) is 110 Å². The average molecular weight is 375 g/mol. The van der Waals surface area contributed by atoms with Crippen molar-refractivity contribution in [3.63, 3.8) is 0 Å². The van der Waals surface area contributed by atoms with Gasteiger partial charge in [-0.25, -0.2) is 8.42 Å². The maximum Gasteiger partial charge on any atom is 0.243 e. The van der Waals surface area contributed by atoms with Crippen LogP contribution >= 0.6 is 0 Å². The van der Waals surface area contributed by atoms with Gasteiger partial charge in [-0.2, -0.15) is 4.31 Å². The summed E-state index contributed by atoms with van der Waals surface area (Å²) in [5, 5.41) is 2.62. The zero-order valence-corrected chi connectivity index (χ0v) is 15.4. The number of nitrogens with zero attached hydrogens (tertiary/aromatic N) is 1. The third-order valence-corrected chi connectivity index (χ3v) is 5.53. The Balaban J connectivity index is 2.00. The van der Waals surface area contributed by atoms with Gasteiger partial charge < -0.3 is 11.1 Å². The number of rotatable bonds is 7. The van der Waals surface area contributed by atoms with Gasteiger partial charge >= 0.3 is 0 Å². The van der Waals surface area contributed by atoms with Crippen molar-refractivity contribution in [1.82, 2.24) is 4.31 Å². The molecule has 7 nitrogen and oxygen atoms in total. The van der Waals surface area contributed by atoms with Gasteiger partial charge in [0.05, 0.1) is 17.9 Å². The van der Waals surface area contributed by atoms with Crippen LogP contribution in [0.1, 0.15) is 11.1 Å². The summed E-state index contributed by atoms with van der Waals surface area (Å²) in [6.07, 6.45) is 0.117. The minimum Gasteiger partial charge on any atom is -0.369 e. The number of hydrogen-bond donors (Lipinski definition) is 2. The van der Waals surface area contributed by atoms with E-state index in [2.05, 4.69) is 5.32 Å². The summed E-state index contributed by atoms with van der Waals surface area (Å²) in [5.74, 6) is -0.907. The molecule has 0 saturated heterocycles. The van der Waals surface area contributed by atoms with Crippen LogP contribution in [0.25, 0.3) is 0 Å². The van der Waals surface area contributed by atoms with Gasteiger partial charge in [-0.3, -0.25) is 9.59 Å². The van der Waals surface area contributed by atoms with E-state index in [1.807, 2.05) is 6.92 Å². The number of hydrogen-bond acceptors (Lipinski definition) is 4. The standard InChI is InChI=1S/C18H21N3O4S/c1-13-3-9-16(10-4-13)26(24,25)21(2)12-18(23)20-15-7-5-14(6-8-15)11-17(19)22/h3-10H,11-12H2,1-2H3,(H2,19,22)(H,20,23). The van der Waals surface area contributed by atoms with Crippen LogP contribution in [-0.2, 0) is 26.0 Å². The fourth-order valence-electron chi connectivity index (χ4n) is 2.29. The molecular formula is C18H21N3O4S. The molecule has 0 radical (unpaired) electrons. The maximum atomic E-state index is 12.5. The normalized spacial score (nSPS) is 11.3. The molecule has 0 heterocycles. The fraction of sp³-hybridized carbons (Fsp3) is 0.222. The number of sulfonamides is 1. The molecule has 0 aromatic heterocycles. The van der Waals surface area contributed by atoms with Crippen molar-refractivity contribution in [2.45, 2.75) is 18.2 Å². The number of benzene rings is 2. The summed E-state index contributed by atoms with van der Waals surface area (Å²) in [5.41, 5.74) is 7.31. The zero-order chi connectivity index (χ0) is 19.3. The highest BCUT2D eigenvalue weighted by molar-refractivity contribution is 7.89. The minimum atomic E-state index is -3.74. The predicted octanol–water partition coefficient (Wildman–Crippen LogP) is 1.28. The number of nitrogens with one attached hydrogen (secondary N) is 1. The largest absolute Gasteiger partial charge is 0.369 e. The first-order valence-corrected chi connectivity index (χ1v) is 9.32. The molecular weight excluding hydrogens is 354 g/mol. The highest BCUT2D eigenvalue weighted by atomic mass is 32.2. The number of likely N-dealkylation sites (N-methyl/N-ethyl adjacent to an activating group) is 1. The van der Waals surface area contributed by atoms with E-state index in [1.165, 1.54) is 19.2 Å². The second kappa shape index (κ2) is 8.11. The summed E-state index contributed by atoms with van der Waals surface area (Å²) in [7, 11) is -2.39. The SMILES string of the molecule is Cc1ccc(S(=O)(=O)N(C)CC(=O)Nc2ccc(CC(N)=O)cc2)cc1. The summed E-state index contributed by atoms with van der Waals surface area (Å²) in [6, 6.07) is 13.0. The minimum absolute atomic E-state index is 0.117.